The van der Waals surface area contributed by atoms with Crippen LogP contribution in [0.5, 0.6) is 5.75 Å². The number of hydrogen-bond donors (Lipinski definition) is 1. The van der Waals surface area contributed by atoms with Crippen LogP contribution in [0.1, 0.15) is 15.9 Å². The van der Waals surface area contributed by atoms with Crippen LogP contribution in [0.4, 0.5) is 10.1 Å². The van der Waals surface area contributed by atoms with E-state index in [0.29, 0.717) is 18.7 Å². The Labute approximate surface area is 122 Å². The molecule has 0 atom stereocenters. The third-order valence-electron chi connectivity index (χ3n) is 3.04. The highest BCUT2D eigenvalue weighted by molar-refractivity contribution is 5.89. The first kappa shape index (κ1) is 14.8. The van der Waals surface area contributed by atoms with E-state index in [1.165, 1.54) is 19.2 Å². The highest BCUT2D eigenvalue weighted by Crippen LogP contribution is 2.19. The third kappa shape index (κ3) is 3.72. The fourth-order valence-electron chi connectivity index (χ4n) is 1.90. The molecule has 21 heavy (non-hydrogen) atoms. The quantitative estimate of drug-likeness (QED) is 0.679. The van der Waals surface area contributed by atoms with Gasteiger partial charge in [0, 0.05) is 12.1 Å². The first-order chi connectivity index (χ1) is 10.1. The second-order valence-corrected chi connectivity index (χ2v) is 4.43. The number of halogens is 1. The van der Waals surface area contributed by atoms with Crippen LogP contribution in [-0.2, 0) is 11.2 Å². The number of nitrogen functional groups attached to an aromatic ring is 1. The number of carbonyl (C=O) groups is 1. The van der Waals surface area contributed by atoms with Crippen molar-refractivity contribution in [1.29, 1.82) is 0 Å². The molecule has 2 aromatic rings. The Balaban J connectivity index is 1.98. The maximum atomic E-state index is 13.8. The van der Waals surface area contributed by atoms with Crippen molar-refractivity contribution in [1.82, 2.24) is 0 Å². The number of ether oxygens (including phenoxy) is 2. The van der Waals surface area contributed by atoms with E-state index in [2.05, 4.69) is 4.74 Å². The molecule has 0 amide bonds. The van der Waals surface area contributed by atoms with Gasteiger partial charge in [-0.3, -0.25) is 0 Å². The maximum Gasteiger partial charge on any atom is 0.337 e. The molecule has 0 saturated carbocycles. The lowest BCUT2D eigenvalue weighted by Crippen LogP contribution is -2.06. The van der Waals surface area contributed by atoms with Crippen LogP contribution in [0.3, 0.4) is 0 Å². The molecule has 2 rings (SSSR count). The summed E-state index contributed by atoms with van der Waals surface area (Å²) < 4.78 is 23.7. The minimum Gasteiger partial charge on any atom is -0.490 e. The fourth-order valence-corrected chi connectivity index (χ4v) is 1.90. The second-order valence-electron chi connectivity index (χ2n) is 4.43. The molecule has 0 heterocycles. The summed E-state index contributed by atoms with van der Waals surface area (Å²) in [6.07, 6.45) is 0.574. The summed E-state index contributed by atoms with van der Waals surface area (Å²) in [4.78, 5) is 11.3. The summed E-state index contributed by atoms with van der Waals surface area (Å²) in [5.74, 6) is -1.09. The Bertz CT molecular complexity index is 643. The zero-order chi connectivity index (χ0) is 15.2. The van der Waals surface area contributed by atoms with Crippen molar-refractivity contribution in [2.75, 3.05) is 19.5 Å². The molecule has 0 saturated heterocycles. The number of anilines is 1. The van der Waals surface area contributed by atoms with Gasteiger partial charge in [-0.1, -0.05) is 18.2 Å². The van der Waals surface area contributed by atoms with Crippen molar-refractivity contribution in [3.63, 3.8) is 0 Å². The van der Waals surface area contributed by atoms with Gasteiger partial charge >= 0.3 is 5.97 Å². The first-order valence-electron chi connectivity index (χ1n) is 6.46. The topological polar surface area (TPSA) is 61.5 Å². The standard InChI is InChI=1S/C16H16FNO3/c1-20-16(19)12-6-7-15(13(17)10-12)21-9-8-11-4-2-3-5-14(11)18/h2-7,10H,8-9,18H2,1H3. The molecular weight excluding hydrogens is 273 g/mol. The van der Waals surface area contributed by atoms with E-state index in [-0.39, 0.29) is 11.3 Å². The Kier molecular flexibility index (Phi) is 4.77. The van der Waals surface area contributed by atoms with Crippen LogP contribution in [-0.4, -0.2) is 19.7 Å². The molecule has 110 valence electrons. The lowest BCUT2D eigenvalue weighted by atomic mass is 10.1. The Morgan fingerprint density at radius 1 is 1.24 bits per heavy atom. The van der Waals surface area contributed by atoms with Gasteiger partial charge in [0.2, 0.25) is 0 Å². The number of methoxy groups -OCH3 is 1. The van der Waals surface area contributed by atoms with Crippen molar-refractivity contribution < 1.29 is 18.7 Å². The van der Waals surface area contributed by atoms with Gasteiger partial charge in [-0.15, -0.1) is 0 Å². The molecule has 0 aromatic heterocycles. The average Bonchev–Trinajstić information content (AvgIpc) is 2.50. The third-order valence-corrected chi connectivity index (χ3v) is 3.04. The van der Waals surface area contributed by atoms with Gasteiger partial charge in [0.15, 0.2) is 11.6 Å². The predicted octanol–water partition coefficient (Wildman–Crippen LogP) is 2.82. The lowest BCUT2D eigenvalue weighted by molar-refractivity contribution is 0.0600. The van der Waals surface area contributed by atoms with E-state index >= 15 is 0 Å². The molecule has 0 bridgehead atoms. The Hall–Kier alpha value is -2.56. The average molecular weight is 289 g/mol. The van der Waals surface area contributed by atoms with Gasteiger partial charge in [0.05, 0.1) is 19.3 Å². The smallest absolute Gasteiger partial charge is 0.337 e. The number of esters is 1. The van der Waals surface area contributed by atoms with Gasteiger partial charge < -0.3 is 15.2 Å². The Morgan fingerprint density at radius 2 is 2.00 bits per heavy atom. The largest absolute Gasteiger partial charge is 0.490 e. The first-order valence-corrected chi connectivity index (χ1v) is 6.46. The van der Waals surface area contributed by atoms with Crippen molar-refractivity contribution >= 4 is 11.7 Å². The zero-order valence-electron chi connectivity index (χ0n) is 11.6. The monoisotopic (exact) mass is 289 g/mol. The van der Waals surface area contributed by atoms with Crippen LogP contribution < -0.4 is 10.5 Å². The molecule has 0 unspecified atom stereocenters. The summed E-state index contributed by atoms with van der Waals surface area (Å²) >= 11 is 0. The fraction of sp³-hybridized carbons (Fsp3) is 0.188. The molecule has 5 heteroatoms. The van der Waals surface area contributed by atoms with E-state index in [1.54, 1.807) is 6.07 Å². The van der Waals surface area contributed by atoms with Crippen LogP contribution >= 0.6 is 0 Å². The number of nitrogens with two attached hydrogens (primary N) is 1. The van der Waals surface area contributed by atoms with Gasteiger partial charge in [0.1, 0.15) is 0 Å². The minimum atomic E-state index is -0.598. The highest BCUT2D eigenvalue weighted by atomic mass is 19.1. The molecule has 2 N–H and O–H groups in total. The second kappa shape index (κ2) is 6.74. The molecular formula is C16H16FNO3. The molecule has 0 aliphatic carbocycles. The SMILES string of the molecule is COC(=O)c1ccc(OCCc2ccccc2N)c(F)c1. The van der Waals surface area contributed by atoms with Gasteiger partial charge in [-0.25, -0.2) is 9.18 Å². The molecule has 0 aliphatic heterocycles. The number of carbonyl (C=O) groups excluding carboxylic acids is 1. The maximum absolute atomic E-state index is 13.8. The highest BCUT2D eigenvalue weighted by Gasteiger charge is 2.10. The molecule has 2 aromatic carbocycles. The van der Waals surface area contributed by atoms with Crippen LogP contribution in [0.2, 0.25) is 0 Å². The molecule has 4 nitrogen and oxygen atoms in total. The van der Waals surface area contributed by atoms with Crippen molar-refractivity contribution in [3.8, 4) is 5.75 Å². The summed E-state index contributed by atoms with van der Waals surface area (Å²) in [7, 11) is 1.24. The normalized spacial score (nSPS) is 10.2. The number of rotatable bonds is 5. The molecule has 0 fully saturated rings. The van der Waals surface area contributed by atoms with E-state index in [9.17, 15) is 9.18 Å². The lowest BCUT2D eigenvalue weighted by Gasteiger charge is -2.09. The molecule has 0 radical (unpaired) electrons. The Morgan fingerprint density at radius 3 is 2.67 bits per heavy atom. The number of para-hydroxylation sites is 1. The molecule has 0 aliphatic rings. The van der Waals surface area contributed by atoms with E-state index < -0.39 is 11.8 Å². The summed E-state index contributed by atoms with van der Waals surface area (Å²) in [6, 6.07) is 11.4. The van der Waals surface area contributed by atoms with Crippen LogP contribution in [0.25, 0.3) is 0 Å². The van der Waals surface area contributed by atoms with Crippen molar-refractivity contribution in [2.24, 2.45) is 0 Å². The number of benzene rings is 2. The van der Waals surface area contributed by atoms with Crippen LogP contribution in [0, 0.1) is 5.82 Å². The van der Waals surface area contributed by atoms with E-state index in [1.807, 2.05) is 18.2 Å². The summed E-state index contributed by atoms with van der Waals surface area (Å²) in [5.41, 5.74) is 7.60. The summed E-state index contributed by atoms with van der Waals surface area (Å²) in [5, 5.41) is 0. The summed E-state index contributed by atoms with van der Waals surface area (Å²) in [6.45, 7) is 0.294. The number of hydrogen-bond acceptors (Lipinski definition) is 4. The van der Waals surface area contributed by atoms with Gasteiger partial charge in [-0.05, 0) is 29.8 Å². The van der Waals surface area contributed by atoms with Gasteiger partial charge in [0.25, 0.3) is 0 Å². The van der Waals surface area contributed by atoms with E-state index in [0.717, 1.165) is 11.6 Å². The van der Waals surface area contributed by atoms with Crippen molar-refractivity contribution in [3.05, 3.63) is 59.4 Å². The predicted molar refractivity (Wildman–Crippen MR) is 77.8 cm³/mol. The molecule has 0 spiro atoms. The van der Waals surface area contributed by atoms with E-state index in [4.69, 9.17) is 10.5 Å². The zero-order valence-corrected chi connectivity index (χ0v) is 11.6. The minimum absolute atomic E-state index is 0.0946. The van der Waals surface area contributed by atoms with Crippen molar-refractivity contribution in [2.45, 2.75) is 6.42 Å². The van der Waals surface area contributed by atoms with Crippen LogP contribution in [0.15, 0.2) is 42.5 Å². The van der Waals surface area contributed by atoms with Gasteiger partial charge in [-0.2, -0.15) is 0 Å².